The van der Waals surface area contributed by atoms with Gasteiger partial charge in [0.1, 0.15) is 0 Å². The molecule has 1 fully saturated rings. The van der Waals surface area contributed by atoms with Crippen LogP contribution in [0, 0.1) is 0 Å². The maximum atomic E-state index is 12.4. The molecule has 2 aromatic rings. The first-order chi connectivity index (χ1) is 11.1. The number of hydrogen-bond acceptors (Lipinski definition) is 3. The van der Waals surface area contributed by atoms with Crippen molar-refractivity contribution in [3.8, 4) is 0 Å². The monoisotopic (exact) mass is 332 g/mol. The van der Waals surface area contributed by atoms with Crippen molar-refractivity contribution in [2.24, 2.45) is 0 Å². The fourth-order valence-electron chi connectivity index (χ4n) is 2.70. The first-order valence-electron chi connectivity index (χ1n) is 7.52. The van der Waals surface area contributed by atoms with Crippen LogP contribution < -0.4 is 5.32 Å². The lowest BCUT2D eigenvalue weighted by atomic mass is 10.0. The highest BCUT2D eigenvalue weighted by Gasteiger charge is 2.25. The van der Waals surface area contributed by atoms with Crippen LogP contribution in [0.15, 0.2) is 47.1 Å². The molecule has 1 aliphatic heterocycles. The second-order valence-electron chi connectivity index (χ2n) is 5.53. The van der Waals surface area contributed by atoms with Crippen LogP contribution >= 0.6 is 11.6 Å². The van der Waals surface area contributed by atoms with Gasteiger partial charge in [0.2, 0.25) is 0 Å². The predicted octanol–water partition coefficient (Wildman–Crippen LogP) is 2.97. The molecular weight excluding hydrogens is 316 g/mol. The fourth-order valence-corrected chi connectivity index (χ4v) is 2.89. The summed E-state index contributed by atoms with van der Waals surface area (Å²) in [7, 11) is 0. The zero-order valence-corrected chi connectivity index (χ0v) is 13.3. The third-order valence-corrected chi connectivity index (χ3v) is 4.17. The van der Waals surface area contributed by atoms with E-state index < -0.39 is 0 Å². The van der Waals surface area contributed by atoms with Gasteiger partial charge >= 0.3 is 0 Å². The van der Waals surface area contributed by atoms with Crippen molar-refractivity contribution in [1.82, 2.24) is 10.2 Å². The number of hydrogen-bond donors (Lipinski definition) is 1. The lowest BCUT2D eigenvalue weighted by Gasteiger charge is -2.32. The van der Waals surface area contributed by atoms with Crippen LogP contribution in [0.2, 0.25) is 5.02 Å². The van der Waals surface area contributed by atoms with Crippen molar-refractivity contribution in [3.05, 3.63) is 59.0 Å². The van der Waals surface area contributed by atoms with Gasteiger partial charge in [-0.25, -0.2) is 0 Å². The van der Waals surface area contributed by atoms with Gasteiger partial charge in [-0.1, -0.05) is 17.7 Å². The van der Waals surface area contributed by atoms with Gasteiger partial charge in [0.05, 0.1) is 6.26 Å². The molecule has 3 rings (SSSR count). The molecule has 1 N–H and O–H groups in total. The van der Waals surface area contributed by atoms with Crippen LogP contribution in [-0.2, 0) is 0 Å². The minimum Gasteiger partial charge on any atom is -0.459 e. The Balaban J connectivity index is 1.54. The standard InChI is InChI=1S/C17H17ClN2O3/c18-13-4-1-3-12(11-13)17(22)20-8-6-14(7-9-20)19-16(21)15-5-2-10-23-15/h1-5,10-11,14H,6-9H2,(H,19,21). The van der Waals surface area contributed by atoms with E-state index in [1.807, 2.05) is 0 Å². The zero-order valence-electron chi connectivity index (χ0n) is 12.5. The van der Waals surface area contributed by atoms with Gasteiger partial charge in [0, 0.05) is 29.7 Å². The molecule has 2 heterocycles. The molecule has 1 saturated heterocycles. The number of likely N-dealkylation sites (tertiary alicyclic amines) is 1. The van der Waals surface area contributed by atoms with Gasteiger partial charge in [-0.15, -0.1) is 0 Å². The molecule has 0 spiro atoms. The molecule has 0 saturated carbocycles. The number of furan rings is 1. The molecule has 5 nitrogen and oxygen atoms in total. The number of rotatable bonds is 3. The van der Waals surface area contributed by atoms with Crippen molar-refractivity contribution in [2.75, 3.05) is 13.1 Å². The maximum Gasteiger partial charge on any atom is 0.287 e. The van der Waals surface area contributed by atoms with Gasteiger partial charge in [-0.2, -0.15) is 0 Å². The van der Waals surface area contributed by atoms with Crippen molar-refractivity contribution >= 4 is 23.4 Å². The van der Waals surface area contributed by atoms with Gasteiger partial charge in [0.15, 0.2) is 5.76 Å². The Kier molecular flexibility index (Phi) is 4.67. The van der Waals surface area contributed by atoms with E-state index in [0.717, 1.165) is 12.8 Å². The summed E-state index contributed by atoms with van der Waals surface area (Å²) in [5, 5.41) is 3.49. The number of carbonyl (C=O) groups excluding carboxylic acids is 2. The van der Waals surface area contributed by atoms with Gasteiger partial charge in [0.25, 0.3) is 11.8 Å². The minimum absolute atomic E-state index is 0.0247. The van der Waals surface area contributed by atoms with Crippen LogP contribution in [0.4, 0.5) is 0 Å². The lowest BCUT2D eigenvalue weighted by molar-refractivity contribution is 0.0695. The molecule has 23 heavy (non-hydrogen) atoms. The highest BCUT2D eigenvalue weighted by Crippen LogP contribution is 2.17. The van der Waals surface area contributed by atoms with E-state index in [4.69, 9.17) is 16.0 Å². The highest BCUT2D eigenvalue weighted by atomic mass is 35.5. The van der Waals surface area contributed by atoms with Crippen molar-refractivity contribution in [2.45, 2.75) is 18.9 Å². The molecule has 2 amide bonds. The molecule has 1 aliphatic rings. The van der Waals surface area contributed by atoms with Crippen LogP contribution in [0.5, 0.6) is 0 Å². The van der Waals surface area contributed by atoms with Crippen molar-refractivity contribution in [1.29, 1.82) is 0 Å². The number of piperidine rings is 1. The van der Waals surface area contributed by atoms with Gasteiger partial charge < -0.3 is 14.6 Å². The quantitative estimate of drug-likeness (QED) is 0.940. The molecule has 0 unspecified atom stereocenters. The summed E-state index contributed by atoms with van der Waals surface area (Å²) < 4.78 is 5.08. The summed E-state index contributed by atoms with van der Waals surface area (Å²) >= 11 is 5.93. The Hall–Kier alpha value is -2.27. The second-order valence-corrected chi connectivity index (χ2v) is 5.96. The first kappa shape index (κ1) is 15.6. The van der Waals surface area contributed by atoms with E-state index in [1.165, 1.54) is 6.26 Å². The van der Waals surface area contributed by atoms with E-state index in [-0.39, 0.29) is 17.9 Å². The SMILES string of the molecule is O=C(NC1CCN(C(=O)c2cccc(Cl)c2)CC1)c1ccco1. The van der Waals surface area contributed by atoms with Gasteiger partial charge in [-0.3, -0.25) is 9.59 Å². The fraction of sp³-hybridized carbons (Fsp3) is 0.294. The molecule has 0 bridgehead atoms. The molecule has 6 heteroatoms. The number of carbonyl (C=O) groups is 2. The van der Waals surface area contributed by atoms with Crippen LogP contribution in [-0.4, -0.2) is 35.8 Å². The number of benzene rings is 1. The van der Waals surface area contributed by atoms with Crippen LogP contribution in [0.1, 0.15) is 33.8 Å². The molecule has 120 valence electrons. The number of nitrogens with one attached hydrogen (secondary N) is 1. The largest absolute Gasteiger partial charge is 0.459 e. The maximum absolute atomic E-state index is 12.4. The summed E-state index contributed by atoms with van der Waals surface area (Å²) in [6.45, 7) is 1.21. The Morgan fingerprint density at radius 3 is 2.61 bits per heavy atom. The molecule has 1 aromatic heterocycles. The number of nitrogens with zero attached hydrogens (tertiary/aromatic N) is 1. The Morgan fingerprint density at radius 1 is 1.17 bits per heavy atom. The van der Waals surface area contributed by atoms with Crippen molar-refractivity contribution in [3.63, 3.8) is 0 Å². The average Bonchev–Trinajstić information content (AvgIpc) is 3.09. The molecule has 0 atom stereocenters. The normalized spacial score (nSPS) is 15.4. The summed E-state index contributed by atoms with van der Waals surface area (Å²) in [6.07, 6.45) is 2.92. The molecular formula is C17H17ClN2O3. The third kappa shape index (κ3) is 3.74. The van der Waals surface area contributed by atoms with E-state index in [0.29, 0.717) is 29.4 Å². The Bertz CT molecular complexity index is 692. The van der Waals surface area contributed by atoms with Crippen LogP contribution in [0.3, 0.4) is 0 Å². The molecule has 0 radical (unpaired) electrons. The molecule has 1 aromatic carbocycles. The van der Waals surface area contributed by atoms with E-state index in [9.17, 15) is 9.59 Å². The van der Waals surface area contributed by atoms with Crippen molar-refractivity contribution < 1.29 is 14.0 Å². The summed E-state index contributed by atoms with van der Waals surface area (Å²) in [5.74, 6) is 0.0698. The second kappa shape index (κ2) is 6.87. The minimum atomic E-state index is -0.213. The Labute approximate surface area is 139 Å². The van der Waals surface area contributed by atoms with Gasteiger partial charge in [-0.05, 0) is 43.2 Å². The van der Waals surface area contributed by atoms with Crippen LogP contribution in [0.25, 0.3) is 0 Å². The van der Waals surface area contributed by atoms with E-state index in [1.54, 1.807) is 41.3 Å². The topological polar surface area (TPSA) is 62.6 Å². The zero-order chi connectivity index (χ0) is 16.2. The molecule has 0 aliphatic carbocycles. The predicted molar refractivity (Wildman–Crippen MR) is 86.6 cm³/mol. The summed E-state index contributed by atoms with van der Waals surface area (Å²) in [5.41, 5.74) is 0.593. The average molecular weight is 333 g/mol. The number of amides is 2. The lowest BCUT2D eigenvalue weighted by Crippen LogP contribution is -2.46. The summed E-state index contributed by atoms with van der Waals surface area (Å²) in [4.78, 5) is 26.2. The number of halogens is 1. The Morgan fingerprint density at radius 2 is 1.96 bits per heavy atom. The smallest absolute Gasteiger partial charge is 0.287 e. The van der Waals surface area contributed by atoms with E-state index in [2.05, 4.69) is 5.32 Å². The third-order valence-electron chi connectivity index (χ3n) is 3.93. The first-order valence-corrected chi connectivity index (χ1v) is 7.90. The highest BCUT2D eigenvalue weighted by molar-refractivity contribution is 6.30. The van der Waals surface area contributed by atoms with E-state index >= 15 is 0 Å². The summed E-state index contributed by atoms with van der Waals surface area (Å²) in [6, 6.07) is 10.3.